The van der Waals surface area contributed by atoms with Crippen molar-refractivity contribution in [2.24, 2.45) is 0 Å². The molecule has 34 heavy (non-hydrogen) atoms. The van der Waals surface area contributed by atoms with Gasteiger partial charge in [-0.2, -0.15) is 0 Å². The highest BCUT2D eigenvalue weighted by Gasteiger charge is 2.45. The zero-order chi connectivity index (χ0) is 24.4. The summed E-state index contributed by atoms with van der Waals surface area (Å²) in [7, 11) is 1.60. The summed E-state index contributed by atoms with van der Waals surface area (Å²) in [6.45, 7) is -0.595. The van der Waals surface area contributed by atoms with Gasteiger partial charge in [-0.15, -0.1) is 0 Å². The highest BCUT2D eigenvalue weighted by molar-refractivity contribution is 5.95. The topological polar surface area (TPSA) is 155 Å². The molecule has 2 aromatic carbocycles. The number of methoxy groups -OCH3 is 1. The second-order valence-electron chi connectivity index (χ2n) is 8.41. The molecule has 2 aliphatic heterocycles. The molecule has 0 amide bonds. The second-order valence-corrected chi connectivity index (χ2v) is 8.41. The number of hydrogen-bond acceptors (Lipinski definition) is 10. The summed E-state index contributed by atoms with van der Waals surface area (Å²) in [5.74, 6) is -0.151. The minimum Gasteiger partial charge on any atom is -0.507 e. The van der Waals surface area contributed by atoms with E-state index in [1.807, 2.05) is 24.3 Å². The smallest absolute Gasteiger partial charge is 0.342 e. The van der Waals surface area contributed by atoms with Crippen molar-refractivity contribution in [2.75, 3.05) is 13.7 Å². The van der Waals surface area contributed by atoms with Crippen LogP contribution in [0.1, 0.15) is 27.9 Å². The van der Waals surface area contributed by atoms with Crippen molar-refractivity contribution in [3.63, 3.8) is 0 Å². The number of aryl methyl sites for hydroxylation is 1. The number of carbonyl (C=O) groups excluding carboxylic acids is 1. The Morgan fingerprint density at radius 1 is 1.03 bits per heavy atom. The number of carbonyl (C=O) groups is 1. The summed E-state index contributed by atoms with van der Waals surface area (Å²) in [5.41, 5.74) is 1.61. The van der Waals surface area contributed by atoms with Crippen molar-refractivity contribution >= 4 is 5.97 Å². The van der Waals surface area contributed by atoms with E-state index >= 15 is 0 Å². The Kier molecular flexibility index (Phi) is 7.24. The van der Waals surface area contributed by atoms with E-state index in [-0.39, 0.29) is 17.1 Å². The van der Waals surface area contributed by atoms with E-state index in [0.29, 0.717) is 24.8 Å². The number of phenols is 1. The number of benzene rings is 2. The largest absolute Gasteiger partial charge is 0.507 e. The number of aliphatic hydroxyl groups excluding tert-OH is 4. The Bertz CT molecular complexity index is 1010. The molecule has 1 fully saturated rings. The monoisotopic (exact) mass is 476 g/mol. The van der Waals surface area contributed by atoms with E-state index in [1.165, 1.54) is 12.1 Å². The average Bonchev–Trinajstić information content (AvgIpc) is 2.83. The third-order valence-corrected chi connectivity index (χ3v) is 6.11. The van der Waals surface area contributed by atoms with Crippen LogP contribution in [0.25, 0.3) is 0 Å². The van der Waals surface area contributed by atoms with Crippen LogP contribution in [-0.2, 0) is 22.3 Å². The molecule has 10 heteroatoms. The van der Waals surface area contributed by atoms with Gasteiger partial charge in [-0.1, -0.05) is 12.1 Å². The van der Waals surface area contributed by atoms with Gasteiger partial charge < -0.3 is 44.5 Å². The average molecular weight is 476 g/mol. The maximum Gasteiger partial charge on any atom is 0.342 e. The Hall–Kier alpha value is -2.89. The fourth-order valence-electron chi connectivity index (χ4n) is 4.20. The van der Waals surface area contributed by atoms with E-state index in [1.54, 1.807) is 7.11 Å². The molecule has 0 radical (unpaired) electrons. The van der Waals surface area contributed by atoms with E-state index < -0.39 is 49.4 Å². The molecule has 0 aliphatic carbocycles. The van der Waals surface area contributed by atoms with Crippen LogP contribution in [0.4, 0.5) is 0 Å². The second kappa shape index (κ2) is 10.2. The first-order chi connectivity index (χ1) is 16.3. The van der Waals surface area contributed by atoms with E-state index in [2.05, 4.69) is 0 Å². The van der Waals surface area contributed by atoms with E-state index in [4.69, 9.17) is 18.9 Å². The van der Waals surface area contributed by atoms with Gasteiger partial charge in [-0.05, 0) is 42.2 Å². The van der Waals surface area contributed by atoms with Gasteiger partial charge >= 0.3 is 5.97 Å². The Morgan fingerprint density at radius 3 is 2.44 bits per heavy atom. The lowest BCUT2D eigenvalue weighted by molar-refractivity contribution is -0.277. The first kappa shape index (κ1) is 24.2. The lowest BCUT2D eigenvalue weighted by atomic mass is 9.94. The van der Waals surface area contributed by atoms with Crippen LogP contribution in [0.5, 0.6) is 17.2 Å². The molecule has 2 heterocycles. The van der Waals surface area contributed by atoms with Crippen molar-refractivity contribution in [1.29, 1.82) is 0 Å². The quantitative estimate of drug-likeness (QED) is 0.352. The minimum atomic E-state index is -1.60. The Balaban J connectivity index is 1.47. The zero-order valence-electron chi connectivity index (χ0n) is 18.5. The fraction of sp³-hybridized carbons (Fsp3) is 0.458. The molecule has 1 saturated heterocycles. The molecule has 0 unspecified atom stereocenters. The summed E-state index contributed by atoms with van der Waals surface area (Å²) < 4.78 is 21.6. The molecular formula is C24H28O10. The number of fused-ring (bicyclic) bond motifs is 1. The number of rotatable bonds is 7. The molecule has 0 bridgehead atoms. The SMILES string of the molecule is COc1ccc(CC[C@@H]2Cc3cc(O[C@@H]4O[C@H](CO)[C@@H](O)[C@H](O)[C@H]4O)cc(O)c3C(=O)O2)cc1. The molecule has 0 aromatic heterocycles. The van der Waals surface area contributed by atoms with Crippen LogP contribution < -0.4 is 9.47 Å². The summed E-state index contributed by atoms with van der Waals surface area (Å²) in [5, 5.41) is 49.8. The van der Waals surface area contributed by atoms with Gasteiger partial charge in [0.25, 0.3) is 0 Å². The molecule has 0 spiro atoms. The number of cyclic esters (lactones) is 1. The number of esters is 1. The van der Waals surface area contributed by atoms with Gasteiger partial charge in [-0.25, -0.2) is 4.79 Å². The maximum atomic E-state index is 12.5. The fourth-order valence-corrected chi connectivity index (χ4v) is 4.20. The first-order valence-corrected chi connectivity index (χ1v) is 11.0. The predicted molar refractivity (Wildman–Crippen MR) is 117 cm³/mol. The third kappa shape index (κ3) is 4.96. The molecular weight excluding hydrogens is 448 g/mol. The summed E-state index contributed by atoms with van der Waals surface area (Å²) >= 11 is 0. The molecule has 2 aromatic rings. The number of phenolic OH excluding ortho intramolecular Hbond substituents is 1. The lowest BCUT2D eigenvalue weighted by Gasteiger charge is -2.39. The van der Waals surface area contributed by atoms with Crippen molar-refractivity contribution in [3.05, 3.63) is 53.1 Å². The number of hydrogen-bond donors (Lipinski definition) is 5. The van der Waals surface area contributed by atoms with Gasteiger partial charge in [-0.3, -0.25) is 0 Å². The summed E-state index contributed by atoms with van der Waals surface area (Å²) in [4.78, 5) is 12.5. The molecule has 10 nitrogen and oxygen atoms in total. The van der Waals surface area contributed by atoms with Crippen LogP contribution in [0, 0.1) is 0 Å². The van der Waals surface area contributed by atoms with Gasteiger partial charge in [0.15, 0.2) is 0 Å². The van der Waals surface area contributed by atoms with Crippen molar-refractivity contribution in [3.8, 4) is 17.2 Å². The van der Waals surface area contributed by atoms with Gasteiger partial charge in [0, 0.05) is 12.5 Å². The van der Waals surface area contributed by atoms with Crippen LogP contribution >= 0.6 is 0 Å². The minimum absolute atomic E-state index is 0.0434. The zero-order valence-corrected chi connectivity index (χ0v) is 18.5. The molecule has 4 rings (SSSR count). The van der Waals surface area contributed by atoms with Crippen LogP contribution in [0.15, 0.2) is 36.4 Å². The maximum absolute atomic E-state index is 12.5. The number of aromatic hydroxyl groups is 1. The van der Waals surface area contributed by atoms with Gasteiger partial charge in [0.1, 0.15) is 53.3 Å². The molecule has 6 atom stereocenters. The van der Waals surface area contributed by atoms with Crippen molar-refractivity contribution in [1.82, 2.24) is 0 Å². The molecule has 5 N–H and O–H groups in total. The number of ether oxygens (including phenoxy) is 4. The van der Waals surface area contributed by atoms with Crippen molar-refractivity contribution in [2.45, 2.75) is 56.1 Å². The Labute approximate surface area is 195 Å². The third-order valence-electron chi connectivity index (χ3n) is 6.11. The summed E-state index contributed by atoms with van der Waals surface area (Å²) in [6.07, 6.45) is -6.09. The summed E-state index contributed by atoms with van der Waals surface area (Å²) in [6, 6.07) is 10.3. The van der Waals surface area contributed by atoms with E-state index in [0.717, 1.165) is 11.3 Å². The normalized spacial score (nSPS) is 28.7. The van der Waals surface area contributed by atoms with Crippen LogP contribution in [-0.4, -0.2) is 82.0 Å². The highest BCUT2D eigenvalue weighted by atomic mass is 16.7. The van der Waals surface area contributed by atoms with Crippen molar-refractivity contribution < 1.29 is 49.3 Å². The van der Waals surface area contributed by atoms with E-state index in [9.17, 15) is 30.3 Å². The van der Waals surface area contributed by atoms with Crippen LogP contribution in [0.2, 0.25) is 0 Å². The predicted octanol–water partition coefficient (Wildman–Crippen LogP) is 0.294. The van der Waals surface area contributed by atoms with Gasteiger partial charge in [0.2, 0.25) is 6.29 Å². The Morgan fingerprint density at radius 2 is 1.76 bits per heavy atom. The molecule has 2 aliphatic rings. The standard InChI is InChI=1S/C24H28O10/c1-31-14-5-2-12(3-6-14)4-7-15-8-13-9-16(10-17(26)19(13)23(30)32-15)33-24-22(29)21(28)20(27)18(11-25)34-24/h2-3,5-6,9-10,15,18,20-22,24-29H,4,7-8,11H2,1H3/t15-,18-,20-,21+,22-,24-/m1/s1. The van der Waals surface area contributed by atoms with Gasteiger partial charge in [0.05, 0.1) is 13.7 Å². The lowest BCUT2D eigenvalue weighted by Crippen LogP contribution is -2.60. The highest BCUT2D eigenvalue weighted by Crippen LogP contribution is 2.35. The number of aliphatic hydroxyl groups is 4. The molecule has 0 saturated carbocycles. The van der Waals surface area contributed by atoms with Crippen LogP contribution in [0.3, 0.4) is 0 Å². The first-order valence-electron chi connectivity index (χ1n) is 11.0. The molecule has 184 valence electrons.